The van der Waals surface area contributed by atoms with Crippen molar-refractivity contribution in [2.75, 3.05) is 26.2 Å². The summed E-state index contributed by atoms with van der Waals surface area (Å²) in [6, 6.07) is 7.97. The first-order chi connectivity index (χ1) is 10.5. The first-order valence-corrected chi connectivity index (χ1v) is 6.43. The molecule has 0 aliphatic carbocycles. The monoisotopic (exact) mass is 307 g/mol. The molecule has 0 unspecified atom stereocenters. The van der Waals surface area contributed by atoms with Gasteiger partial charge in [0.2, 0.25) is 0 Å². The van der Waals surface area contributed by atoms with Crippen LogP contribution >= 0.6 is 0 Å². The minimum atomic E-state index is -1.06. The molecular weight excluding hydrogens is 292 g/mol. The van der Waals surface area contributed by atoms with Gasteiger partial charge in [0.05, 0.1) is 14.2 Å². The smallest absolute Gasteiger partial charge is 0.258 e. The number of amides is 1. The normalized spacial score (nSPS) is 10.2. The van der Waals surface area contributed by atoms with Crippen molar-refractivity contribution >= 4 is 11.6 Å². The lowest BCUT2D eigenvalue weighted by atomic mass is 10.1. The van der Waals surface area contributed by atoms with E-state index in [1.165, 1.54) is 32.2 Å². The third kappa shape index (κ3) is 3.00. The predicted octanol–water partition coefficient (Wildman–Crippen LogP) is 3.26. The average molecular weight is 307 g/mol. The third-order valence-electron chi connectivity index (χ3n) is 3.23. The summed E-state index contributed by atoms with van der Waals surface area (Å²) < 4.78 is 36.5. The van der Waals surface area contributed by atoms with Crippen LogP contribution in [0.4, 0.5) is 14.5 Å². The Kier molecular flexibility index (Phi) is 4.60. The quantitative estimate of drug-likeness (QED) is 0.870. The van der Waals surface area contributed by atoms with Crippen molar-refractivity contribution < 1.29 is 23.0 Å². The second-order valence-corrected chi connectivity index (χ2v) is 4.53. The molecule has 0 aromatic heterocycles. The van der Waals surface area contributed by atoms with Crippen molar-refractivity contribution in [3.8, 4) is 11.5 Å². The average Bonchev–Trinajstić information content (AvgIpc) is 2.55. The van der Waals surface area contributed by atoms with E-state index in [2.05, 4.69) is 0 Å². The van der Waals surface area contributed by atoms with Crippen LogP contribution in [0.15, 0.2) is 36.4 Å². The van der Waals surface area contributed by atoms with Gasteiger partial charge in [-0.3, -0.25) is 4.79 Å². The van der Waals surface area contributed by atoms with Crippen molar-refractivity contribution in [3.05, 3.63) is 53.6 Å². The van der Waals surface area contributed by atoms with Crippen LogP contribution in [0.5, 0.6) is 11.5 Å². The number of anilines is 1. The van der Waals surface area contributed by atoms with Crippen molar-refractivity contribution in [1.82, 2.24) is 0 Å². The number of methoxy groups -OCH3 is 2. The maximum Gasteiger partial charge on any atom is 0.258 e. The van der Waals surface area contributed by atoms with Crippen molar-refractivity contribution in [2.45, 2.75) is 0 Å². The van der Waals surface area contributed by atoms with E-state index in [4.69, 9.17) is 9.47 Å². The number of hydrogen-bond donors (Lipinski definition) is 0. The van der Waals surface area contributed by atoms with Gasteiger partial charge in [0, 0.05) is 24.4 Å². The van der Waals surface area contributed by atoms with Crippen LogP contribution in [-0.4, -0.2) is 27.2 Å². The number of benzene rings is 2. The van der Waals surface area contributed by atoms with Gasteiger partial charge in [-0.1, -0.05) is 0 Å². The molecule has 1 amide bonds. The first kappa shape index (κ1) is 15.8. The Morgan fingerprint density at radius 1 is 0.955 bits per heavy atom. The topological polar surface area (TPSA) is 38.8 Å². The molecule has 0 heterocycles. The van der Waals surface area contributed by atoms with Gasteiger partial charge in [-0.15, -0.1) is 0 Å². The number of halogens is 2. The van der Waals surface area contributed by atoms with Gasteiger partial charge in [-0.05, 0) is 30.3 Å². The van der Waals surface area contributed by atoms with E-state index in [-0.39, 0.29) is 5.56 Å². The molecule has 6 heteroatoms. The summed E-state index contributed by atoms with van der Waals surface area (Å²) in [7, 11) is 4.53. The summed E-state index contributed by atoms with van der Waals surface area (Å²) in [4.78, 5) is 13.6. The number of nitrogens with zero attached hydrogens (tertiary/aromatic N) is 1. The van der Waals surface area contributed by atoms with Crippen LogP contribution in [0.2, 0.25) is 0 Å². The maximum atomic E-state index is 13.2. The molecule has 2 aromatic rings. The summed E-state index contributed by atoms with van der Waals surface area (Å²) >= 11 is 0. The van der Waals surface area contributed by atoms with Crippen LogP contribution in [0.25, 0.3) is 0 Å². The summed E-state index contributed by atoms with van der Waals surface area (Å²) in [5.74, 6) is -1.53. The molecule has 0 saturated heterocycles. The van der Waals surface area contributed by atoms with Crippen LogP contribution in [0, 0.1) is 11.6 Å². The molecule has 116 valence electrons. The lowest BCUT2D eigenvalue weighted by Crippen LogP contribution is -2.26. The minimum Gasteiger partial charge on any atom is -0.493 e. The zero-order chi connectivity index (χ0) is 16.3. The molecule has 22 heavy (non-hydrogen) atoms. The van der Waals surface area contributed by atoms with Crippen LogP contribution in [0.1, 0.15) is 10.4 Å². The Labute approximate surface area is 126 Å². The second-order valence-electron chi connectivity index (χ2n) is 4.53. The molecule has 0 aliphatic rings. The fraction of sp³-hybridized carbons (Fsp3) is 0.188. The number of rotatable bonds is 4. The maximum absolute atomic E-state index is 13.2. The van der Waals surface area contributed by atoms with Crippen molar-refractivity contribution in [2.24, 2.45) is 0 Å². The van der Waals surface area contributed by atoms with E-state index in [0.29, 0.717) is 17.2 Å². The Morgan fingerprint density at radius 2 is 1.64 bits per heavy atom. The van der Waals surface area contributed by atoms with Crippen LogP contribution in [-0.2, 0) is 0 Å². The molecular formula is C16H15F2NO3. The molecule has 0 saturated carbocycles. The highest BCUT2D eigenvalue weighted by Gasteiger charge is 2.17. The third-order valence-corrected chi connectivity index (χ3v) is 3.23. The molecule has 0 aliphatic heterocycles. The SMILES string of the molecule is COc1ccc(N(C)C(=O)c2ccc(F)c(F)c2)cc1OC. The lowest BCUT2D eigenvalue weighted by Gasteiger charge is -2.19. The highest BCUT2D eigenvalue weighted by molar-refractivity contribution is 6.05. The number of carbonyl (C=O) groups is 1. The van der Waals surface area contributed by atoms with Crippen LogP contribution < -0.4 is 14.4 Å². The van der Waals surface area contributed by atoms with E-state index in [0.717, 1.165) is 12.1 Å². The largest absolute Gasteiger partial charge is 0.493 e. The standard InChI is InChI=1S/C16H15F2NO3/c1-19(11-5-7-14(21-2)15(9-11)22-3)16(20)10-4-6-12(17)13(18)8-10/h4-9H,1-3H3. The summed E-state index contributed by atoms with van der Waals surface area (Å²) in [6.07, 6.45) is 0. The number of ether oxygens (including phenoxy) is 2. The van der Waals surface area contributed by atoms with Crippen LogP contribution in [0.3, 0.4) is 0 Å². The fourth-order valence-electron chi connectivity index (χ4n) is 1.97. The van der Waals surface area contributed by atoms with Gasteiger partial charge in [0.1, 0.15) is 0 Å². The Balaban J connectivity index is 2.32. The Morgan fingerprint density at radius 3 is 2.23 bits per heavy atom. The molecule has 0 atom stereocenters. The summed E-state index contributed by atoms with van der Waals surface area (Å²) in [6.45, 7) is 0. The highest BCUT2D eigenvalue weighted by Crippen LogP contribution is 2.31. The van der Waals surface area contributed by atoms with Crippen molar-refractivity contribution in [3.63, 3.8) is 0 Å². The van der Waals surface area contributed by atoms with E-state index >= 15 is 0 Å². The van der Waals surface area contributed by atoms with E-state index in [1.807, 2.05) is 0 Å². The van der Waals surface area contributed by atoms with E-state index in [9.17, 15) is 13.6 Å². The molecule has 0 bridgehead atoms. The molecule has 0 spiro atoms. The first-order valence-electron chi connectivity index (χ1n) is 6.43. The summed E-state index contributed by atoms with van der Waals surface area (Å²) in [5, 5.41) is 0. The van der Waals surface area contributed by atoms with Gasteiger partial charge in [0.15, 0.2) is 23.1 Å². The molecule has 2 rings (SSSR count). The minimum absolute atomic E-state index is 0.0520. The van der Waals surface area contributed by atoms with Gasteiger partial charge < -0.3 is 14.4 Å². The highest BCUT2D eigenvalue weighted by atomic mass is 19.2. The summed E-state index contributed by atoms with van der Waals surface area (Å²) in [5.41, 5.74) is 0.587. The molecule has 0 N–H and O–H groups in total. The molecule has 2 aromatic carbocycles. The molecule has 0 radical (unpaired) electrons. The predicted molar refractivity (Wildman–Crippen MR) is 78.6 cm³/mol. The Hall–Kier alpha value is -2.63. The Bertz CT molecular complexity index is 704. The number of carbonyl (C=O) groups excluding carboxylic acids is 1. The molecule has 4 nitrogen and oxygen atoms in total. The molecule has 0 fully saturated rings. The fourth-order valence-corrected chi connectivity index (χ4v) is 1.97. The number of hydrogen-bond acceptors (Lipinski definition) is 3. The van der Waals surface area contributed by atoms with Gasteiger partial charge in [0.25, 0.3) is 5.91 Å². The second kappa shape index (κ2) is 6.43. The van der Waals surface area contributed by atoms with E-state index in [1.54, 1.807) is 18.2 Å². The van der Waals surface area contributed by atoms with Crippen molar-refractivity contribution in [1.29, 1.82) is 0 Å². The van der Waals surface area contributed by atoms with Gasteiger partial charge in [-0.2, -0.15) is 0 Å². The van der Waals surface area contributed by atoms with Gasteiger partial charge >= 0.3 is 0 Å². The zero-order valence-corrected chi connectivity index (χ0v) is 12.4. The van der Waals surface area contributed by atoms with E-state index < -0.39 is 17.5 Å². The zero-order valence-electron chi connectivity index (χ0n) is 12.4. The van der Waals surface area contributed by atoms with Gasteiger partial charge in [-0.25, -0.2) is 8.78 Å². The lowest BCUT2D eigenvalue weighted by molar-refractivity contribution is 0.0992.